The first-order valence-electron chi connectivity index (χ1n) is 11.6. The Balaban J connectivity index is 1.55. The minimum atomic E-state index is -0.820. The van der Waals surface area contributed by atoms with Crippen LogP contribution in [0.4, 0.5) is 24.8 Å². The summed E-state index contributed by atoms with van der Waals surface area (Å²) in [5, 5.41) is 16.9. The zero-order valence-electron chi connectivity index (χ0n) is 20.4. The normalized spacial score (nSPS) is 11.2. The first-order valence-corrected chi connectivity index (χ1v) is 11.6. The second-order valence-corrected chi connectivity index (χ2v) is 8.37. The maximum absolute atomic E-state index is 14.9. The Hall–Kier alpha value is -4.58. The lowest BCUT2D eigenvalue weighted by Crippen LogP contribution is -2.09. The van der Waals surface area contributed by atoms with Crippen LogP contribution in [-0.4, -0.2) is 48.0 Å². The number of halogens is 3. The fourth-order valence-electron chi connectivity index (χ4n) is 3.94. The molecule has 0 spiro atoms. The smallest absolute Gasteiger partial charge is 0.187 e. The molecule has 0 aliphatic heterocycles. The van der Waals surface area contributed by atoms with E-state index in [0.29, 0.717) is 28.2 Å². The van der Waals surface area contributed by atoms with E-state index in [2.05, 4.69) is 30.4 Å². The summed E-state index contributed by atoms with van der Waals surface area (Å²) in [6.45, 7) is 2.60. The molecule has 0 unspecified atom stereocenters. The van der Waals surface area contributed by atoms with Crippen molar-refractivity contribution in [3.05, 3.63) is 83.2 Å². The quantitative estimate of drug-likeness (QED) is 0.308. The predicted molar refractivity (Wildman–Crippen MR) is 134 cm³/mol. The minimum Gasteiger partial charge on any atom is -0.491 e. The molecule has 12 heteroatoms. The maximum Gasteiger partial charge on any atom is 0.187 e. The molecule has 5 rings (SSSR count). The molecule has 5 aromatic rings. The van der Waals surface area contributed by atoms with Crippen LogP contribution in [0.15, 0.2) is 48.7 Å². The molecule has 3 heterocycles. The van der Waals surface area contributed by atoms with Crippen LogP contribution < -0.4 is 10.1 Å². The average Bonchev–Trinajstić information content (AvgIpc) is 3.26. The Kier molecular flexibility index (Phi) is 6.88. The second-order valence-electron chi connectivity index (χ2n) is 8.37. The van der Waals surface area contributed by atoms with Gasteiger partial charge in [0.2, 0.25) is 0 Å². The number of nitrogens with zero attached hydrogens (tertiary/aromatic N) is 6. The summed E-state index contributed by atoms with van der Waals surface area (Å²) in [4.78, 5) is 16.9. The zero-order valence-corrected chi connectivity index (χ0v) is 20.4. The summed E-state index contributed by atoms with van der Waals surface area (Å²) < 4.78 is 51.1. The Morgan fingerprint density at radius 2 is 1.76 bits per heavy atom. The van der Waals surface area contributed by atoms with Crippen LogP contribution in [0, 0.1) is 31.3 Å². The van der Waals surface area contributed by atoms with E-state index in [-0.39, 0.29) is 48.4 Å². The molecule has 0 saturated heterocycles. The molecule has 0 saturated carbocycles. The Morgan fingerprint density at radius 3 is 2.50 bits per heavy atom. The van der Waals surface area contributed by atoms with Crippen molar-refractivity contribution >= 4 is 22.5 Å². The number of anilines is 2. The van der Waals surface area contributed by atoms with E-state index in [1.807, 2.05) is 0 Å². The Morgan fingerprint density at radius 1 is 1.00 bits per heavy atom. The van der Waals surface area contributed by atoms with Gasteiger partial charge in [0.25, 0.3) is 0 Å². The van der Waals surface area contributed by atoms with Gasteiger partial charge >= 0.3 is 0 Å². The largest absolute Gasteiger partial charge is 0.491 e. The molecule has 2 N–H and O–H groups in total. The first-order chi connectivity index (χ1) is 18.3. The molecule has 3 aromatic heterocycles. The van der Waals surface area contributed by atoms with E-state index in [4.69, 9.17) is 9.84 Å². The number of fused-ring (bicyclic) bond motifs is 1. The molecule has 0 atom stereocenters. The number of para-hydroxylation sites is 1. The van der Waals surface area contributed by atoms with Crippen molar-refractivity contribution in [3.63, 3.8) is 0 Å². The van der Waals surface area contributed by atoms with E-state index in [0.717, 1.165) is 12.1 Å². The number of aromatic nitrogens is 6. The fourth-order valence-corrected chi connectivity index (χ4v) is 3.94. The van der Waals surface area contributed by atoms with Crippen LogP contribution in [0.25, 0.3) is 22.4 Å². The van der Waals surface area contributed by atoms with E-state index in [1.165, 1.54) is 17.8 Å². The van der Waals surface area contributed by atoms with E-state index < -0.39 is 17.5 Å². The highest BCUT2D eigenvalue weighted by Gasteiger charge is 2.21. The number of nitrogens with one attached hydrogen (secondary N) is 1. The second kappa shape index (κ2) is 10.4. The molecular formula is C26H22F3N7O2. The number of aliphatic hydroxyl groups excluding tert-OH is 1. The highest BCUT2D eigenvalue weighted by atomic mass is 19.1. The van der Waals surface area contributed by atoms with Crippen molar-refractivity contribution < 1.29 is 23.0 Å². The van der Waals surface area contributed by atoms with Gasteiger partial charge in [0.15, 0.2) is 17.5 Å². The third-order valence-corrected chi connectivity index (χ3v) is 5.69. The summed E-state index contributed by atoms with van der Waals surface area (Å²) in [6, 6.07) is 10.8. The molecule has 0 radical (unpaired) electrons. The van der Waals surface area contributed by atoms with Crippen LogP contribution in [0.3, 0.4) is 0 Å². The summed E-state index contributed by atoms with van der Waals surface area (Å²) in [5.74, 6) is -1.44. The van der Waals surface area contributed by atoms with Gasteiger partial charge in [0, 0.05) is 29.3 Å². The lowest BCUT2D eigenvalue weighted by Gasteiger charge is -2.10. The summed E-state index contributed by atoms with van der Waals surface area (Å²) in [7, 11) is 0. The molecular weight excluding hydrogens is 499 g/mol. The van der Waals surface area contributed by atoms with E-state index in [9.17, 15) is 13.2 Å². The SMILES string of the molecule is Cc1nccc(Nc2nc(-c3nn(Cc4c(F)cc(OCCO)cc4F)c4ccccc34)nc(C)c2F)n1. The topological polar surface area (TPSA) is 111 Å². The molecule has 0 aliphatic rings. The monoisotopic (exact) mass is 521 g/mol. The summed E-state index contributed by atoms with van der Waals surface area (Å²) >= 11 is 0. The standard InChI is InChI=1S/C26H22F3N7O2/c1-14-23(29)25(33-22-7-8-30-15(2)32-22)34-26(31-14)24-17-5-3-4-6-21(17)36(35-24)13-18-19(27)11-16(12-20(18)28)38-10-9-37/h3-8,11-12,37H,9-10,13H2,1-2H3,(H,30,31,32,33,34). The van der Waals surface area contributed by atoms with Crippen LogP contribution in [0.1, 0.15) is 17.1 Å². The number of benzene rings is 2. The van der Waals surface area contributed by atoms with Crippen molar-refractivity contribution in [1.29, 1.82) is 0 Å². The molecule has 9 nitrogen and oxygen atoms in total. The number of hydrogen-bond donors (Lipinski definition) is 2. The lowest BCUT2D eigenvalue weighted by molar-refractivity contribution is 0.200. The molecule has 0 aliphatic carbocycles. The van der Waals surface area contributed by atoms with Crippen LogP contribution in [0.2, 0.25) is 0 Å². The molecule has 194 valence electrons. The number of aliphatic hydroxyl groups is 1. The van der Waals surface area contributed by atoms with Gasteiger partial charge in [0.1, 0.15) is 41.3 Å². The molecule has 0 fully saturated rings. The third kappa shape index (κ3) is 4.98. The van der Waals surface area contributed by atoms with Crippen LogP contribution >= 0.6 is 0 Å². The summed E-state index contributed by atoms with van der Waals surface area (Å²) in [5.41, 5.74) is 0.749. The minimum absolute atomic E-state index is 0.0297. The van der Waals surface area contributed by atoms with Gasteiger partial charge in [-0.1, -0.05) is 18.2 Å². The van der Waals surface area contributed by atoms with Crippen molar-refractivity contribution in [3.8, 4) is 17.3 Å². The average molecular weight is 522 g/mol. The van der Waals surface area contributed by atoms with Crippen molar-refractivity contribution in [2.75, 3.05) is 18.5 Å². The highest BCUT2D eigenvalue weighted by Crippen LogP contribution is 2.30. The lowest BCUT2D eigenvalue weighted by atomic mass is 10.1. The van der Waals surface area contributed by atoms with Gasteiger partial charge in [-0.25, -0.2) is 33.1 Å². The molecule has 2 aromatic carbocycles. The van der Waals surface area contributed by atoms with Crippen molar-refractivity contribution in [1.82, 2.24) is 29.7 Å². The summed E-state index contributed by atoms with van der Waals surface area (Å²) in [6.07, 6.45) is 1.54. The van der Waals surface area contributed by atoms with Gasteiger partial charge in [-0.05, 0) is 26.0 Å². The van der Waals surface area contributed by atoms with Gasteiger partial charge in [-0.15, -0.1) is 0 Å². The number of aryl methyl sites for hydroxylation is 2. The fraction of sp³-hybridized carbons (Fsp3) is 0.192. The predicted octanol–water partition coefficient (Wildman–Crippen LogP) is 4.48. The Bertz CT molecular complexity index is 1620. The van der Waals surface area contributed by atoms with Gasteiger partial charge in [0.05, 0.1) is 24.4 Å². The molecule has 0 bridgehead atoms. The highest BCUT2D eigenvalue weighted by molar-refractivity contribution is 5.91. The maximum atomic E-state index is 14.9. The Labute approximate surface area is 215 Å². The van der Waals surface area contributed by atoms with E-state index >= 15 is 0 Å². The van der Waals surface area contributed by atoms with Gasteiger partial charge in [-0.2, -0.15) is 5.10 Å². The van der Waals surface area contributed by atoms with Crippen LogP contribution in [0.5, 0.6) is 5.75 Å². The number of rotatable bonds is 8. The van der Waals surface area contributed by atoms with Crippen molar-refractivity contribution in [2.45, 2.75) is 20.4 Å². The zero-order chi connectivity index (χ0) is 26.8. The van der Waals surface area contributed by atoms with E-state index in [1.54, 1.807) is 37.3 Å². The third-order valence-electron chi connectivity index (χ3n) is 5.69. The number of ether oxygens (including phenoxy) is 1. The molecule has 38 heavy (non-hydrogen) atoms. The first kappa shape index (κ1) is 25.1. The van der Waals surface area contributed by atoms with Gasteiger partial charge in [-0.3, -0.25) is 4.68 Å². The molecule has 0 amide bonds. The number of hydrogen-bond acceptors (Lipinski definition) is 8. The van der Waals surface area contributed by atoms with Crippen LogP contribution in [-0.2, 0) is 6.54 Å². The van der Waals surface area contributed by atoms with Crippen molar-refractivity contribution in [2.24, 2.45) is 0 Å². The van der Waals surface area contributed by atoms with Gasteiger partial charge < -0.3 is 15.2 Å².